The fourth-order valence-corrected chi connectivity index (χ4v) is 6.50. The highest BCUT2D eigenvalue weighted by atomic mass is 16.5. The van der Waals surface area contributed by atoms with Crippen LogP contribution in [-0.4, -0.2) is 87.6 Å². The second-order valence-electron chi connectivity index (χ2n) is 11.8. The number of likely N-dealkylation sites (N-methyl/N-ethyl adjacent to an activating group) is 1. The largest absolute Gasteiger partial charge is 0.489 e. The molecule has 10 heteroatoms. The molecule has 4 aliphatic rings. The number of hydrogen-bond acceptors (Lipinski definition) is 7. The number of ether oxygens (including phenoxy) is 1. The number of piperidine rings is 1. The minimum atomic E-state index is -0.612. The monoisotopic (exact) mass is 554 g/mol. The summed E-state index contributed by atoms with van der Waals surface area (Å²) < 4.78 is 8.27. The highest BCUT2D eigenvalue weighted by molar-refractivity contribution is 6.05. The van der Waals surface area contributed by atoms with Crippen molar-refractivity contribution in [3.8, 4) is 11.4 Å². The van der Waals surface area contributed by atoms with E-state index in [-0.39, 0.29) is 24.3 Å². The summed E-state index contributed by atoms with van der Waals surface area (Å²) in [5, 5.41) is 6.95. The Kier molecular flexibility index (Phi) is 6.59. The number of rotatable bonds is 7. The number of carbonyl (C=O) groups is 3. The predicted molar refractivity (Wildman–Crippen MR) is 151 cm³/mol. The van der Waals surface area contributed by atoms with Crippen LogP contribution >= 0.6 is 0 Å². The summed E-state index contributed by atoms with van der Waals surface area (Å²) in [6.45, 7) is 5.16. The van der Waals surface area contributed by atoms with Crippen LogP contribution in [0.15, 0.2) is 54.9 Å². The fourth-order valence-electron chi connectivity index (χ4n) is 6.50. The van der Waals surface area contributed by atoms with Gasteiger partial charge in [0.05, 0.1) is 11.9 Å². The van der Waals surface area contributed by atoms with Crippen LogP contribution < -0.4 is 10.1 Å². The lowest BCUT2D eigenvalue weighted by atomic mass is 9.92. The molecule has 3 fully saturated rings. The van der Waals surface area contributed by atoms with Crippen molar-refractivity contribution in [2.75, 3.05) is 33.2 Å². The first-order valence-corrected chi connectivity index (χ1v) is 14.4. The van der Waals surface area contributed by atoms with E-state index in [2.05, 4.69) is 57.7 Å². The molecule has 2 atom stereocenters. The van der Waals surface area contributed by atoms with Gasteiger partial charge in [-0.15, -0.1) is 0 Å². The Morgan fingerprint density at radius 3 is 2.63 bits per heavy atom. The van der Waals surface area contributed by atoms with Crippen molar-refractivity contribution in [2.45, 2.75) is 50.4 Å². The van der Waals surface area contributed by atoms with E-state index in [1.165, 1.54) is 11.1 Å². The van der Waals surface area contributed by atoms with Crippen molar-refractivity contribution in [2.24, 2.45) is 0 Å². The van der Waals surface area contributed by atoms with Crippen LogP contribution in [0.1, 0.15) is 52.2 Å². The van der Waals surface area contributed by atoms with Gasteiger partial charge < -0.3 is 14.5 Å². The normalized spacial score (nSPS) is 23.5. The molecule has 1 N–H and O–H groups in total. The van der Waals surface area contributed by atoms with Crippen molar-refractivity contribution < 1.29 is 19.1 Å². The summed E-state index contributed by atoms with van der Waals surface area (Å²) in [6, 6.07) is 13.7. The molecule has 3 saturated heterocycles. The molecule has 10 nitrogen and oxygen atoms in total. The summed E-state index contributed by atoms with van der Waals surface area (Å²) in [4.78, 5) is 43.1. The highest BCUT2D eigenvalue weighted by Crippen LogP contribution is 2.31. The van der Waals surface area contributed by atoms with Crippen LogP contribution in [0.3, 0.4) is 0 Å². The molecule has 41 heavy (non-hydrogen) atoms. The Balaban J connectivity index is 0.933. The lowest BCUT2D eigenvalue weighted by molar-refractivity contribution is -0.136. The minimum Gasteiger partial charge on any atom is -0.489 e. The third kappa shape index (κ3) is 5.13. The zero-order valence-corrected chi connectivity index (χ0v) is 23.2. The third-order valence-electron chi connectivity index (χ3n) is 8.76. The number of carbonyl (C=O) groups excluding carboxylic acids is 3. The number of hydrogen-bond donors (Lipinski definition) is 1. The number of benzene rings is 2. The van der Waals surface area contributed by atoms with Crippen LogP contribution in [0.5, 0.6) is 5.75 Å². The van der Waals surface area contributed by atoms with Gasteiger partial charge in [0.2, 0.25) is 11.8 Å². The number of nitrogens with one attached hydrogen (secondary N) is 1. The lowest BCUT2D eigenvalue weighted by Crippen LogP contribution is -2.52. The molecule has 2 aromatic carbocycles. The fraction of sp³-hybridized carbons (Fsp3) is 0.419. The maximum atomic E-state index is 13.0. The topological polar surface area (TPSA) is 100 Å². The molecule has 0 saturated carbocycles. The van der Waals surface area contributed by atoms with E-state index >= 15 is 0 Å². The molecule has 1 unspecified atom stereocenters. The van der Waals surface area contributed by atoms with Crippen LogP contribution in [-0.2, 0) is 22.7 Å². The molecule has 0 aliphatic carbocycles. The Bertz CT molecular complexity index is 1490. The summed E-state index contributed by atoms with van der Waals surface area (Å²) in [6.07, 6.45) is 5.63. The molecule has 0 radical (unpaired) electrons. The SMILES string of the molecule is CN1CC(c2ccc(-n3cc(CN4CC[C@H](Oc5ccc6c(c5)CN(C5CCC(=O)NC5=O)C6=O)C4)cn3)cc2)C1. The Morgan fingerprint density at radius 2 is 1.85 bits per heavy atom. The van der Waals surface area contributed by atoms with Gasteiger partial charge in [-0.25, -0.2) is 4.68 Å². The van der Waals surface area contributed by atoms with E-state index in [1.807, 2.05) is 23.0 Å². The average molecular weight is 555 g/mol. The van der Waals surface area contributed by atoms with E-state index in [0.29, 0.717) is 24.4 Å². The van der Waals surface area contributed by atoms with Gasteiger partial charge in [0.15, 0.2) is 0 Å². The van der Waals surface area contributed by atoms with Crippen LogP contribution in [0.2, 0.25) is 0 Å². The first-order chi connectivity index (χ1) is 19.9. The van der Waals surface area contributed by atoms with Gasteiger partial charge in [-0.2, -0.15) is 5.10 Å². The highest BCUT2D eigenvalue weighted by Gasteiger charge is 2.39. The number of amides is 3. The number of aromatic nitrogens is 2. The maximum Gasteiger partial charge on any atom is 0.255 e. The van der Waals surface area contributed by atoms with E-state index < -0.39 is 11.9 Å². The molecular weight excluding hydrogens is 520 g/mol. The molecule has 0 bridgehead atoms. The Hall–Kier alpha value is -4.02. The molecule has 7 rings (SSSR count). The van der Waals surface area contributed by atoms with Crippen molar-refractivity contribution in [1.82, 2.24) is 29.8 Å². The van der Waals surface area contributed by atoms with Gasteiger partial charge >= 0.3 is 0 Å². The molecule has 3 aromatic rings. The van der Waals surface area contributed by atoms with E-state index in [1.54, 1.807) is 11.0 Å². The predicted octanol–water partition coefficient (Wildman–Crippen LogP) is 2.32. The van der Waals surface area contributed by atoms with Crippen LogP contribution in [0.25, 0.3) is 5.69 Å². The van der Waals surface area contributed by atoms with Gasteiger partial charge in [0.25, 0.3) is 5.91 Å². The standard InChI is InChI=1S/C31H34N6O4/c1-34-16-23(17-34)21-2-4-24(5-3-21)37-15-20(13-32-37)14-35-11-10-26(19-35)41-25-6-7-27-22(12-25)18-36(31(27)40)28-8-9-29(38)33-30(28)39/h2-7,12-13,15,23,26,28H,8-11,14,16-19H2,1H3,(H,33,38,39)/t26-,28?/m0/s1. The molecular formula is C31H34N6O4. The van der Waals surface area contributed by atoms with Gasteiger partial charge in [-0.1, -0.05) is 12.1 Å². The van der Waals surface area contributed by atoms with Crippen LogP contribution in [0.4, 0.5) is 0 Å². The first-order valence-electron chi connectivity index (χ1n) is 14.4. The third-order valence-corrected chi connectivity index (χ3v) is 8.76. The Morgan fingerprint density at radius 1 is 1.02 bits per heavy atom. The lowest BCUT2D eigenvalue weighted by Gasteiger charge is -2.36. The van der Waals surface area contributed by atoms with Crippen molar-refractivity contribution in [1.29, 1.82) is 0 Å². The van der Waals surface area contributed by atoms with Gasteiger partial charge in [-0.05, 0) is 61.3 Å². The van der Waals surface area contributed by atoms with Gasteiger partial charge in [0.1, 0.15) is 17.9 Å². The summed E-state index contributed by atoms with van der Waals surface area (Å²) in [5.41, 5.74) is 5.08. The minimum absolute atomic E-state index is 0.0598. The zero-order valence-electron chi connectivity index (χ0n) is 23.2. The number of fused-ring (bicyclic) bond motifs is 1. The van der Waals surface area contributed by atoms with Crippen molar-refractivity contribution >= 4 is 17.7 Å². The first kappa shape index (κ1) is 25.9. The summed E-state index contributed by atoms with van der Waals surface area (Å²) in [5.74, 6) is 0.520. The molecule has 4 aliphatic heterocycles. The van der Waals surface area contributed by atoms with E-state index in [0.717, 1.165) is 56.1 Å². The van der Waals surface area contributed by atoms with Crippen LogP contribution in [0, 0.1) is 0 Å². The second kappa shape index (κ2) is 10.4. The Labute approximate surface area is 238 Å². The van der Waals surface area contributed by atoms with Gasteiger partial charge in [0, 0.05) is 68.9 Å². The molecule has 0 spiro atoms. The molecule has 3 amide bonds. The van der Waals surface area contributed by atoms with E-state index in [9.17, 15) is 14.4 Å². The summed E-state index contributed by atoms with van der Waals surface area (Å²) in [7, 11) is 2.15. The molecule has 5 heterocycles. The zero-order chi connectivity index (χ0) is 28.1. The maximum absolute atomic E-state index is 13.0. The van der Waals surface area contributed by atoms with Gasteiger partial charge in [-0.3, -0.25) is 24.6 Å². The second-order valence-corrected chi connectivity index (χ2v) is 11.8. The molecule has 212 valence electrons. The quantitative estimate of drug-likeness (QED) is 0.448. The smallest absolute Gasteiger partial charge is 0.255 e. The average Bonchev–Trinajstić information content (AvgIpc) is 3.67. The number of nitrogens with zero attached hydrogens (tertiary/aromatic N) is 5. The number of imide groups is 1. The summed E-state index contributed by atoms with van der Waals surface area (Å²) >= 11 is 0. The molecule has 1 aromatic heterocycles. The number of likely N-dealkylation sites (tertiary alicyclic amines) is 2. The van der Waals surface area contributed by atoms with E-state index in [4.69, 9.17) is 4.74 Å². The van der Waals surface area contributed by atoms with Crippen molar-refractivity contribution in [3.05, 3.63) is 77.1 Å². The van der Waals surface area contributed by atoms with Crippen molar-refractivity contribution in [3.63, 3.8) is 0 Å².